The Morgan fingerprint density at radius 1 is 1.22 bits per heavy atom. The normalized spacial score (nSPS) is 15.4. The van der Waals surface area contributed by atoms with E-state index in [0.717, 1.165) is 5.56 Å². The molecule has 1 aromatic rings. The molecule has 18 heavy (non-hydrogen) atoms. The summed E-state index contributed by atoms with van der Waals surface area (Å²) in [6, 6.07) is 9.41. The number of nitrogens with one attached hydrogen (secondary N) is 1. The predicted molar refractivity (Wildman–Crippen MR) is 64.3 cm³/mol. The topological polar surface area (TPSA) is 21.3 Å². The van der Waals surface area contributed by atoms with Gasteiger partial charge in [-0.2, -0.15) is 13.2 Å². The molecule has 102 valence electrons. The molecule has 2 atom stereocenters. The molecule has 0 aliphatic rings. The van der Waals surface area contributed by atoms with Crippen LogP contribution in [0.15, 0.2) is 30.3 Å². The molecule has 1 aromatic carbocycles. The Balaban J connectivity index is 2.51. The smallest absolute Gasteiger partial charge is 0.376 e. The van der Waals surface area contributed by atoms with Crippen LogP contribution in [-0.4, -0.2) is 25.9 Å². The lowest BCUT2D eigenvalue weighted by atomic mass is 10.0. The van der Waals surface area contributed by atoms with Crippen LogP contribution in [0, 0.1) is 0 Å². The zero-order valence-electron chi connectivity index (χ0n) is 10.5. The molecule has 0 aliphatic carbocycles. The van der Waals surface area contributed by atoms with Crippen molar-refractivity contribution in [1.82, 2.24) is 5.32 Å². The molecule has 0 bridgehead atoms. The van der Waals surface area contributed by atoms with E-state index in [1.807, 2.05) is 30.3 Å². The summed E-state index contributed by atoms with van der Waals surface area (Å²) >= 11 is 0. The van der Waals surface area contributed by atoms with Crippen molar-refractivity contribution in [2.45, 2.75) is 31.7 Å². The molecule has 0 aliphatic heterocycles. The van der Waals surface area contributed by atoms with Crippen molar-refractivity contribution in [3.8, 4) is 0 Å². The maximum absolute atomic E-state index is 12.0. The summed E-state index contributed by atoms with van der Waals surface area (Å²) in [7, 11) is 1.77. The summed E-state index contributed by atoms with van der Waals surface area (Å²) in [5.74, 6) is 0. The number of ether oxygens (including phenoxy) is 1. The van der Waals surface area contributed by atoms with Crippen molar-refractivity contribution in [1.29, 1.82) is 0 Å². The molecule has 0 amide bonds. The fourth-order valence-electron chi connectivity index (χ4n) is 1.79. The molecule has 0 aromatic heterocycles. The van der Waals surface area contributed by atoms with Gasteiger partial charge in [0.15, 0.2) is 0 Å². The average molecular weight is 261 g/mol. The van der Waals surface area contributed by atoms with Gasteiger partial charge in [0.05, 0.1) is 25.2 Å². The SMILES string of the molecule is CNC(c1ccccc1)C(C)OCCC(F)(F)F. The fraction of sp³-hybridized carbons (Fsp3) is 0.538. The number of likely N-dealkylation sites (N-methyl/N-ethyl adjacent to an activating group) is 1. The van der Waals surface area contributed by atoms with E-state index in [2.05, 4.69) is 5.32 Å². The Hall–Kier alpha value is -1.07. The first-order valence-electron chi connectivity index (χ1n) is 5.84. The second kappa shape index (κ2) is 6.75. The van der Waals surface area contributed by atoms with E-state index in [9.17, 15) is 13.2 Å². The van der Waals surface area contributed by atoms with Gasteiger partial charge in [0.2, 0.25) is 0 Å². The van der Waals surface area contributed by atoms with Crippen LogP contribution in [0.1, 0.15) is 24.9 Å². The summed E-state index contributed by atoms with van der Waals surface area (Å²) in [5.41, 5.74) is 1.000. The number of hydrogen-bond donors (Lipinski definition) is 1. The third kappa shape index (κ3) is 5.06. The van der Waals surface area contributed by atoms with Gasteiger partial charge in [0.1, 0.15) is 0 Å². The number of alkyl halides is 3. The van der Waals surface area contributed by atoms with Crippen molar-refractivity contribution in [3.63, 3.8) is 0 Å². The first kappa shape index (κ1) is 15.0. The standard InChI is InChI=1S/C13H18F3NO/c1-10(18-9-8-13(14,15)16)12(17-2)11-6-4-3-5-7-11/h3-7,10,12,17H,8-9H2,1-2H3. The average Bonchev–Trinajstić information content (AvgIpc) is 2.29. The van der Waals surface area contributed by atoms with Crippen LogP contribution in [0.4, 0.5) is 13.2 Å². The van der Waals surface area contributed by atoms with Crippen LogP contribution in [-0.2, 0) is 4.74 Å². The number of benzene rings is 1. The number of halogens is 3. The molecule has 5 heteroatoms. The van der Waals surface area contributed by atoms with Crippen molar-refractivity contribution < 1.29 is 17.9 Å². The summed E-state index contributed by atoms with van der Waals surface area (Å²) < 4.78 is 41.3. The van der Waals surface area contributed by atoms with Gasteiger partial charge in [-0.05, 0) is 19.5 Å². The highest BCUT2D eigenvalue weighted by Crippen LogP contribution is 2.22. The number of hydrogen-bond acceptors (Lipinski definition) is 2. The second-order valence-corrected chi connectivity index (χ2v) is 4.12. The van der Waals surface area contributed by atoms with Crippen LogP contribution >= 0.6 is 0 Å². The van der Waals surface area contributed by atoms with Crippen LogP contribution in [0.5, 0.6) is 0 Å². The lowest BCUT2D eigenvalue weighted by Gasteiger charge is -2.24. The molecular weight excluding hydrogens is 243 g/mol. The fourth-order valence-corrected chi connectivity index (χ4v) is 1.79. The van der Waals surface area contributed by atoms with E-state index in [1.54, 1.807) is 14.0 Å². The van der Waals surface area contributed by atoms with Gasteiger partial charge in [-0.25, -0.2) is 0 Å². The van der Waals surface area contributed by atoms with E-state index in [0.29, 0.717) is 0 Å². The summed E-state index contributed by atoms with van der Waals surface area (Å²) in [6.45, 7) is 1.46. The molecule has 2 nitrogen and oxygen atoms in total. The highest BCUT2D eigenvalue weighted by molar-refractivity contribution is 5.19. The maximum atomic E-state index is 12.0. The Labute approximate surface area is 105 Å². The Kier molecular flexibility index (Phi) is 5.62. The molecule has 0 fully saturated rings. The van der Waals surface area contributed by atoms with Gasteiger partial charge < -0.3 is 10.1 Å². The van der Waals surface area contributed by atoms with Crippen LogP contribution in [0.25, 0.3) is 0 Å². The maximum Gasteiger partial charge on any atom is 0.391 e. The van der Waals surface area contributed by atoms with Gasteiger partial charge in [-0.15, -0.1) is 0 Å². The second-order valence-electron chi connectivity index (χ2n) is 4.12. The number of rotatable bonds is 6. The first-order chi connectivity index (χ1) is 8.44. The van der Waals surface area contributed by atoms with Gasteiger partial charge in [-0.3, -0.25) is 0 Å². The van der Waals surface area contributed by atoms with Gasteiger partial charge in [0, 0.05) is 0 Å². The van der Waals surface area contributed by atoms with Crippen molar-refractivity contribution in [2.24, 2.45) is 0 Å². The summed E-state index contributed by atoms with van der Waals surface area (Å²) in [5, 5.41) is 3.06. The van der Waals surface area contributed by atoms with Gasteiger partial charge in [0.25, 0.3) is 0 Å². The highest BCUT2D eigenvalue weighted by Gasteiger charge is 2.27. The third-order valence-corrected chi connectivity index (χ3v) is 2.71. The lowest BCUT2D eigenvalue weighted by molar-refractivity contribution is -0.149. The van der Waals surface area contributed by atoms with Crippen molar-refractivity contribution in [3.05, 3.63) is 35.9 Å². The largest absolute Gasteiger partial charge is 0.391 e. The Bertz CT molecular complexity index is 340. The van der Waals surface area contributed by atoms with Gasteiger partial charge >= 0.3 is 6.18 Å². The summed E-state index contributed by atoms with van der Waals surface area (Å²) in [4.78, 5) is 0. The minimum absolute atomic E-state index is 0.112. The molecule has 1 N–H and O–H groups in total. The highest BCUT2D eigenvalue weighted by atomic mass is 19.4. The monoisotopic (exact) mass is 261 g/mol. The molecule has 0 saturated heterocycles. The van der Waals surface area contributed by atoms with Crippen LogP contribution < -0.4 is 5.32 Å². The quantitative estimate of drug-likeness (QED) is 0.848. The predicted octanol–water partition coefficient (Wildman–Crippen LogP) is 3.30. The molecule has 0 radical (unpaired) electrons. The lowest BCUT2D eigenvalue weighted by Crippen LogP contribution is -2.30. The van der Waals surface area contributed by atoms with Crippen LogP contribution in [0.2, 0.25) is 0 Å². The zero-order valence-corrected chi connectivity index (χ0v) is 10.5. The van der Waals surface area contributed by atoms with Crippen molar-refractivity contribution in [2.75, 3.05) is 13.7 Å². The Morgan fingerprint density at radius 2 is 1.83 bits per heavy atom. The molecule has 0 heterocycles. The minimum atomic E-state index is -4.17. The van der Waals surface area contributed by atoms with E-state index in [4.69, 9.17) is 4.74 Å². The molecule has 1 rings (SSSR count). The molecule has 0 spiro atoms. The van der Waals surface area contributed by atoms with E-state index < -0.39 is 12.6 Å². The van der Waals surface area contributed by atoms with E-state index in [1.165, 1.54) is 0 Å². The molecule has 2 unspecified atom stereocenters. The van der Waals surface area contributed by atoms with E-state index >= 15 is 0 Å². The van der Waals surface area contributed by atoms with Gasteiger partial charge in [-0.1, -0.05) is 30.3 Å². The summed E-state index contributed by atoms with van der Waals surface area (Å²) in [6.07, 6.45) is -5.40. The first-order valence-corrected chi connectivity index (χ1v) is 5.84. The third-order valence-electron chi connectivity index (χ3n) is 2.71. The molecule has 0 saturated carbocycles. The molecular formula is C13H18F3NO. The zero-order chi connectivity index (χ0) is 13.6. The minimum Gasteiger partial charge on any atom is -0.376 e. The Morgan fingerprint density at radius 3 is 2.33 bits per heavy atom. The van der Waals surface area contributed by atoms with E-state index in [-0.39, 0.29) is 18.8 Å². The van der Waals surface area contributed by atoms with Crippen LogP contribution in [0.3, 0.4) is 0 Å². The van der Waals surface area contributed by atoms with Crippen molar-refractivity contribution >= 4 is 0 Å².